The zero-order valence-electron chi connectivity index (χ0n) is 9.80. The van der Waals surface area contributed by atoms with Crippen molar-refractivity contribution in [2.75, 3.05) is 0 Å². The average Bonchev–Trinajstić information content (AvgIpc) is 2.41. The molecule has 2 aromatic rings. The minimum Gasteiger partial charge on any atom is -0.489 e. The first-order chi connectivity index (χ1) is 9.10. The van der Waals surface area contributed by atoms with Gasteiger partial charge in [-0.15, -0.1) is 0 Å². The maximum atomic E-state index is 13.1. The third kappa shape index (κ3) is 4.04. The van der Waals surface area contributed by atoms with E-state index in [1.165, 1.54) is 6.07 Å². The van der Waals surface area contributed by atoms with Crippen LogP contribution in [0.5, 0.6) is 5.75 Å². The molecule has 2 rings (SSSR count). The highest BCUT2D eigenvalue weighted by molar-refractivity contribution is 9.10. The summed E-state index contributed by atoms with van der Waals surface area (Å²) in [7, 11) is 0. The first-order valence-electron chi connectivity index (χ1n) is 5.51. The normalized spacial score (nSPS) is 10.5. The summed E-state index contributed by atoms with van der Waals surface area (Å²) in [6, 6.07) is 10.7. The standard InChI is InChI=1S/C14H10Br3FO/c15-7-10-6-11(16)2-4-14(10)19-8-9-1-3-13(18)12(17)5-9/h1-6H,7-8H2. The van der Waals surface area contributed by atoms with Crippen molar-refractivity contribution in [3.8, 4) is 5.75 Å². The smallest absolute Gasteiger partial charge is 0.137 e. The summed E-state index contributed by atoms with van der Waals surface area (Å²) in [5, 5.41) is 0.717. The number of hydrogen-bond donors (Lipinski definition) is 0. The van der Waals surface area contributed by atoms with E-state index in [9.17, 15) is 4.39 Å². The number of ether oxygens (including phenoxy) is 1. The van der Waals surface area contributed by atoms with Gasteiger partial charge in [0.05, 0.1) is 4.47 Å². The fourth-order valence-corrected chi connectivity index (χ4v) is 2.86. The van der Waals surface area contributed by atoms with Crippen molar-refractivity contribution in [2.24, 2.45) is 0 Å². The molecule has 0 heterocycles. The van der Waals surface area contributed by atoms with Gasteiger partial charge in [-0.25, -0.2) is 4.39 Å². The Hall–Kier alpha value is -0.390. The highest BCUT2D eigenvalue weighted by Crippen LogP contribution is 2.26. The summed E-state index contributed by atoms with van der Waals surface area (Å²) >= 11 is 10.0. The van der Waals surface area contributed by atoms with Gasteiger partial charge in [-0.1, -0.05) is 37.9 Å². The zero-order valence-corrected chi connectivity index (χ0v) is 14.6. The lowest BCUT2D eigenvalue weighted by atomic mass is 10.2. The lowest BCUT2D eigenvalue weighted by Crippen LogP contribution is -1.98. The molecule has 0 aliphatic rings. The van der Waals surface area contributed by atoms with Crippen LogP contribution in [0.1, 0.15) is 11.1 Å². The lowest BCUT2D eigenvalue weighted by Gasteiger charge is -2.11. The van der Waals surface area contributed by atoms with Crippen LogP contribution < -0.4 is 4.74 Å². The quantitative estimate of drug-likeness (QED) is 0.531. The van der Waals surface area contributed by atoms with Crippen molar-refractivity contribution >= 4 is 47.8 Å². The van der Waals surface area contributed by atoms with Crippen LogP contribution in [0, 0.1) is 5.82 Å². The highest BCUT2D eigenvalue weighted by Gasteiger charge is 2.05. The maximum Gasteiger partial charge on any atom is 0.137 e. The molecule has 0 unspecified atom stereocenters. The molecule has 0 aliphatic carbocycles. The van der Waals surface area contributed by atoms with Crippen molar-refractivity contribution in [3.63, 3.8) is 0 Å². The summed E-state index contributed by atoms with van der Waals surface area (Å²) < 4.78 is 20.4. The molecule has 2 aromatic carbocycles. The Labute approximate surface area is 136 Å². The molecule has 0 spiro atoms. The molecule has 0 amide bonds. The molecule has 0 N–H and O–H groups in total. The van der Waals surface area contributed by atoms with Crippen LogP contribution >= 0.6 is 47.8 Å². The van der Waals surface area contributed by atoms with E-state index in [1.807, 2.05) is 18.2 Å². The number of rotatable bonds is 4. The summed E-state index contributed by atoms with van der Waals surface area (Å²) in [5.74, 6) is 0.550. The molecular weight excluding hydrogens is 443 g/mol. The van der Waals surface area contributed by atoms with Crippen molar-refractivity contribution in [2.45, 2.75) is 11.9 Å². The van der Waals surface area contributed by atoms with Gasteiger partial charge >= 0.3 is 0 Å². The fourth-order valence-electron chi connectivity index (χ4n) is 1.58. The van der Waals surface area contributed by atoms with Crippen molar-refractivity contribution in [1.29, 1.82) is 0 Å². The predicted molar refractivity (Wildman–Crippen MR) is 85.2 cm³/mol. The van der Waals surface area contributed by atoms with Gasteiger partial charge in [0.25, 0.3) is 0 Å². The van der Waals surface area contributed by atoms with E-state index in [0.29, 0.717) is 11.1 Å². The van der Waals surface area contributed by atoms with Gasteiger partial charge in [-0.2, -0.15) is 0 Å². The Morgan fingerprint density at radius 1 is 1.05 bits per heavy atom. The van der Waals surface area contributed by atoms with E-state index in [4.69, 9.17) is 4.74 Å². The molecule has 0 aromatic heterocycles. The monoisotopic (exact) mass is 450 g/mol. The molecule has 0 fully saturated rings. The molecular formula is C14H10Br3FO. The Balaban J connectivity index is 2.12. The van der Waals surface area contributed by atoms with Gasteiger partial charge in [-0.05, 0) is 51.8 Å². The van der Waals surface area contributed by atoms with Crippen LogP contribution in [-0.2, 0) is 11.9 Å². The predicted octanol–water partition coefficient (Wildman–Crippen LogP) is 5.82. The molecule has 0 atom stereocenters. The van der Waals surface area contributed by atoms with Crippen molar-refractivity contribution < 1.29 is 9.13 Å². The summed E-state index contributed by atoms with van der Waals surface area (Å²) in [5.41, 5.74) is 1.98. The topological polar surface area (TPSA) is 9.23 Å². The zero-order chi connectivity index (χ0) is 13.8. The first kappa shape index (κ1) is 15.0. The summed E-state index contributed by atoms with van der Waals surface area (Å²) in [6.07, 6.45) is 0. The lowest BCUT2D eigenvalue weighted by molar-refractivity contribution is 0.303. The van der Waals surface area contributed by atoms with E-state index in [0.717, 1.165) is 26.7 Å². The van der Waals surface area contributed by atoms with E-state index in [1.54, 1.807) is 12.1 Å². The van der Waals surface area contributed by atoms with Gasteiger partial charge < -0.3 is 4.74 Å². The van der Waals surface area contributed by atoms with Crippen LogP contribution in [0.2, 0.25) is 0 Å². The first-order valence-corrected chi connectivity index (χ1v) is 8.22. The average molecular weight is 453 g/mol. The van der Waals surface area contributed by atoms with Gasteiger partial charge in [0.15, 0.2) is 0 Å². The van der Waals surface area contributed by atoms with Crippen LogP contribution in [0.25, 0.3) is 0 Å². The molecule has 0 saturated heterocycles. The minimum absolute atomic E-state index is 0.270. The number of benzene rings is 2. The highest BCUT2D eigenvalue weighted by atomic mass is 79.9. The molecule has 0 saturated carbocycles. The largest absolute Gasteiger partial charge is 0.489 e. The summed E-state index contributed by atoms with van der Waals surface area (Å²) in [4.78, 5) is 0. The molecule has 0 bridgehead atoms. The molecule has 0 radical (unpaired) electrons. The van der Waals surface area contributed by atoms with Crippen molar-refractivity contribution in [3.05, 3.63) is 62.3 Å². The third-order valence-corrected chi connectivity index (χ3v) is 4.25. The number of hydrogen-bond acceptors (Lipinski definition) is 1. The van der Waals surface area contributed by atoms with E-state index < -0.39 is 0 Å². The van der Waals surface area contributed by atoms with Gasteiger partial charge in [0.1, 0.15) is 18.2 Å². The van der Waals surface area contributed by atoms with Gasteiger partial charge in [0, 0.05) is 15.4 Å². The maximum absolute atomic E-state index is 13.1. The molecule has 19 heavy (non-hydrogen) atoms. The van der Waals surface area contributed by atoms with Crippen LogP contribution in [0.3, 0.4) is 0 Å². The third-order valence-electron chi connectivity index (χ3n) is 2.54. The van der Waals surface area contributed by atoms with Gasteiger partial charge in [-0.3, -0.25) is 0 Å². The van der Waals surface area contributed by atoms with E-state index >= 15 is 0 Å². The van der Waals surface area contributed by atoms with Crippen molar-refractivity contribution in [1.82, 2.24) is 0 Å². The van der Waals surface area contributed by atoms with Gasteiger partial charge in [0.2, 0.25) is 0 Å². The fraction of sp³-hybridized carbons (Fsp3) is 0.143. The SMILES string of the molecule is Fc1ccc(COc2ccc(Br)cc2CBr)cc1Br. The second-order valence-corrected chi connectivity index (χ2v) is 6.25. The number of halogens is 4. The molecule has 1 nitrogen and oxygen atoms in total. The van der Waals surface area contributed by atoms with Crippen LogP contribution in [0.4, 0.5) is 4.39 Å². The Morgan fingerprint density at radius 3 is 2.53 bits per heavy atom. The van der Waals surface area contributed by atoms with E-state index in [-0.39, 0.29) is 5.82 Å². The van der Waals surface area contributed by atoms with Crippen LogP contribution in [-0.4, -0.2) is 0 Å². The molecule has 100 valence electrons. The molecule has 5 heteroatoms. The summed E-state index contributed by atoms with van der Waals surface area (Å²) in [6.45, 7) is 0.403. The van der Waals surface area contributed by atoms with E-state index in [2.05, 4.69) is 47.8 Å². The Kier molecular flexibility index (Phi) is 5.42. The Bertz CT molecular complexity index is 587. The Morgan fingerprint density at radius 2 is 1.84 bits per heavy atom. The minimum atomic E-state index is -0.270. The number of alkyl halides is 1. The second kappa shape index (κ2) is 6.86. The second-order valence-electron chi connectivity index (χ2n) is 3.92. The van der Waals surface area contributed by atoms with Crippen LogP contribution in [0.15, 0.2) is 45.3 Å². The molecule has 0 aliphatic heterocycles.